The van der Waals surface area contributed by atoms with Gasteiger partial charge in [-0.05, 0) is 20.8 Å². The molecule has 0 saturated carbocycles. The van der Waals surface area contributed by atoms with E-state index in [1.807, 2.05) is 0 Å². The Morgan fingerprint density at radius 3 is 2.41 bits per heavy atom. The van der Waals surface area contributed by atoms with Crippen LogP contribution in [0.3, 0.4) is 0 Å². The Labute approximate surface area is 100 Å². The van der Waals surface area contributed by atoms with Gasteiger partial charge in [0.15, 0.2) is 0 Å². The number of amides is 1. The predicted octanol–water partition coefficient (Wildman–Crippen LogP) is 1.37. The Balaban J connectivity index is 2.82. The fraction of sp³-hybridized carbons (Fsp3) is 0.545. The Morgan fingerprint density at radius 1 is 1.35 bits per heavy atom. The molecule has 0 unspecified atom stereocenters. The van der Waals surface area contributed by atoms with Gasteiger partial charge < -0.3 is 9.64 Å². The molecule has 17 heavy (non-hydrogen) atoms. The zero-order valence-corrected chi connectivity index (χ0v) is 10.7. The molecule has 0 aromatic carbocycles. The summed E-state index contributed by atoms with van der Waals surface area (Å²) in [6.07, 6.45) is 2.10. The first-order valence-corrected chi connectivity index (χ1v) is 5.20. The standard InChI is InChI=1S/C11H17N3O3/c1-11(2,3)17-10(16)14-7-8(6-12-14)9(15)13(4)5/h6-7H,1-5H3. The third kappa shape index (κ3) is 3.58. The molecule has 1 heterocycles. The van der Waals surface area contributed by atoms with Crippen LogP contribution in [0.2, 0.25) is 0 Å². The highest BCUT2D eigenvalue weighted by Crippen LogP contribution is 2.09. The highest BCUT2D eigenvalue weighted by atomic mass is 16.6. The van der Waals surface area contributed by atoms with Crippen molar-refractivity contribution in [1.82, 2.24) is 14.7 Å². The summed E-state index contributed by atoms with van der Waals surface area (Å²) < 4.78 is 6.13. The molecule has 0 aliphatic heterocycles. The van der Waals surface area contributed by atoms with Crippen LogP contribution in [0.15, 0.2) is 12.4 Å². The van der Waals surface area contributed by atoms with Gasteiger partial charge in [-0.1, -0.05) is 0 Å². The number of ether oxygens (including phenoxy) is 1. The molecule has 6 nitrogen and oxygen atoms in total. The Hall–Kier alpha value is -1.85. The maximum atomic E-state index is 11.6. The molecule has 1 aromatic heterocycles. The van der Waals surface area contributed by atoms with Crippen molar-refractivity contribution < 1.29 is 14.3 Å². The van der Waals surface area contributed by atoms with Gasteiger partial charge in [0.1, 0.15) is 5.60 Å². The van der Waals surface area contributed by atoms with Crippen LogP contribution < -0.4 is 0 Å². The first-order chi connectivity index (χ1) is 7.70. The Kier molecular flexibility index (Phi) is 3.55. The highest BCUT2D eigenvalue weighted by Gasteiger charge is 2.20. The molecule has 0 radical (unpaired) electrons. The molecule has 0 fully saturated rings. The maximum Gasteiger partial charge on any atom is 0.435 e. The van der Waals surface area contributed by atoms with Gasteiger partial charge >= 0.3 is 6.09 Å². The van der Waals surface area contributed by atoms with Gasteiger partial charge in [0.25, 0.3) is 5.91 Å². The lowest BCUT2D eigenvalue weighted by atomic mass is 10.2. The minimum Gasteiger partial charge on any atom is -0.442 e. The van der Waals surface area contributed by atoms with Gasteiger partial charge in [-0.2, -0.15) is 9.78 Å². The molecular formula is C11H17N3O3. The summed E-state index contributed by atoms with van der Waals surface area (Å²) in [6, 6.07) is 0. The molecule has 0 bridgehead atoms. The van der Waals surface area contributed by atoms with Crippen molar-refractivity contribution in [2.75, 3.05) is 14.1 Å². The first-order valence-electron chi connectivity index (χ1n) is 5.20. The summed E-state index contributed by atoms with van der Waals surface area (Å²) in [4.78, 5) is 24.6. The van der Waals surface area contributed by atoms with Crippen molar-refractivity contribution in [3.8, 4) is 0 Å². The van der Waals surface area contributed by atoms with Crippen molar-refractivity contribution in [1.29, 1.82) is 0 Å². The van der Waals surface area contributed by atoms with Gasteiger partial charge in [-0.15, -0.1) is 0 Å². The fourth-order valence-corrected chi connectivity index (χ4v) is 1.10. The van der Waals surface area contributed by atoms with E-state index in [9.17, 15) is 9.59 Å². The van der Waals surface area contributed by atoms with Crippen molar-refractivity contribution >= 4 is 12.0 Å². The van der Waals surface area contributed by atoms with Crippen molar-refractivity contribution in [2.45, 2.75) is 26.4 Å². The number of rotatable bonds is 1. The SMILES string of the molecule is CN(C)C(=O)c1cnn(C(=O)OC(C)(C)C)c1. The molecular weight excluding hydrogens is 222 g/mol. The average molecular weight is 239 g/mol. The Bertz CT molecular complexity index is 429. The second kappa shape index (κ2) is 4.57. The largest absolute Gasteiger partial charge is 0.442 e. The number of hydrogen-bond donors (Lipinski definition) is 0. The van der Waals surface area contributed by atoms with Crippen LogP contribution in [0.25, 0.3) is 0 Å². The van der Waals surface area contributed by atoms with Gasteiger partial charge in [0, 0.05) is 14.1 Å². The van der Waals surface area contributed by atoms with E-state index in [-0.39, 0.29) is 5.91 Å². The molecule has 0 aliphatic carbocycles. The van der Waals surface area contributed by atoms with Crippen LogP contribution in [0.1, 0.15) is 31.1 Å². The predicted molar refractivity (Wildman–Crippen MR) is 61.9 cm³/mol. The lowest BCUT2D eigenvalue weighted by Crippen LogP contribution is -2.27. The third-order valence-electron chi connectivity index (χ3n) is 1.82. The lowest BCUT2D eigenvalue weighted by Gasteiger charge is -2.18. The maximum absolute atomic E-state index is 11.6. The van der Waals surface area contributed by atoms with E-state index < -0.39 is 11.7 Å². The normalized spacial score (nSPS) is 11.1. The number of aromatic nitrogens is 2. The van der Waals surface area contributed by atoms with E-state index in [0.29, 0.717) is 5.56 Å². The quantitative estimate of drug-likeness (QED) is 0.742. The second-order valence-electron chi connectivity index (χ2n) is 4.85. The van der Waals surface area contributed by atoms with Crippen LogP contribution in [0.5, 0.6) is 0 Å². The van der Waals surface area contributed by atoms with Gasteiger partial charge in [-0.25, -0.2) is 4.79 Å². The number of nitrogens with zero attached hydrogens (tertiary/aromatic N) is 3. The molecule has 1 rings (SSSR count). The van der Waals surface area contributed by atoms with Gasteiger partial charge in [-0.3, -0.25) is 4.79 Å². The van der Waals surface area contributed by atoms with Crippen molar-refractivity contribution in [3.05, 3.63) is 18.0 Å². The topological polar surface area (TPSA) is 64.4 Å². The van der Waals surface area contributed by atoms with Gasteiger partial charge in [0.05, 0.1) is 18.0 Å². The molecule has 1 aromatic rings. The van der Waals surface area contributed by atoms with Crippen LogP contribution >= 0.6 is 0 Å². The zero-order valence-electron chi connectivity index (χ0n) is 10.7. The summed E-state index contributed by atoms with van der Waals surface area (Å²) >= 11 is 0. The van der Waals surface area contributed by atoms with Crippen LogP contribution in [-0.2, 0) is 4.74 Å². The van der Waals surface area contributed by atoms with Crippen molar-refractivity contribution in [3.63, 3.8) is 0 Å². The van der Waals surface area contributed by atoms with Crippen LogP contribution in [0, 0.1) is 0 Å². The molecule has 0 spiro atoms. The number of carbonyl (C=O) groups is 2. The molecule has 94 valence electrons. The summed E-state index contributed by atoms with van der Waals surface area (Å²) in [5, 5.41) is 3.80. The van der Waals surface area contributed by atoms with E-state index in [4.69, 9.17) is 4.74 Å². The highest BCUT2D eigenvalue weighted by molar-refractivity contribution is 5.93. The minimum absolute atomic E-state index is 0.209. The van der Waals surface area contributed by atoms with E-state index >= 15 is 0 Å². The molecule has 1 amide bonds. The molecule has 0 N–H and O–H groups in total. The molecule has 0 saturated heterocycles. The average Bonchev–Trinajstić information content (AvgIpc) is 2.62. The zero-order chi connectivity index (χ0) is 13.2. The summed E-state index contributed by atoms with van der Waals surface area (Å²) in [6.45, 7) is 5.29. The number of carbonyl (C=O) groups excluding carboxylic acids is 2. The van der Waals surface area contributed by atoms with Crippen molar-refractivity contribution in [2.24, 2.45) is 0 Å². The summed E-state index contributed by atoms with van der Waals surface area (Å²) in [7, 11) is 3.26. The van der Waals surface area contributed by atoms with E-state index in [2.05, 4.69) is 5.10 Å². The van der Waals surface area contributed by atoms with Gasteiger partial charge in [0.2, 0.25) is 0 Å². The van der Waals surface area contributed by atoms with Crippen LogP contribution in [0.4, 0.5) is 4.79 Å². The third-order valence-corrected chi connectivity index (χ3v) is 1.82. The first kappa shape index (κ1) is 13.2. The molecule has 0 aliphatic rings. The Morgan fingerprint density at radius 2 is 1.94 bits per heavy atom. The lowest BCUT2D eigenvalue weighted by molar-refractivity contribution is 0.0514. The summed E-state index contributed by atoms with van der Waals surface area (Å²) in [5.74, 6) is -0.209. The second-order valence-corrected chi connectivity index (χ2v) is 4.85. The van der Waals surface area contributed by atoms with E-state index in [0.717, 1.165) is 4.68 Å². The summed E-state index contributed by atoms with van der Waals surface area (Å²) in [5.41, 5.74) is -0.241. The fourth-order valence-electron chi connectivity index (χ4n) is 1.10. The minimum atomic E-state index is -0.602. The monoisotopic (exact) mass is 239 g/mol. The van der Waals surface area contributed by atoms with E-state index in [1.165, 1.54) is 17.3 Å². The number of hydrogen-bond acceptors (Lipinski definition) is 4. The molecule has 0 atom stereocenters. The van der Waals surface area contributed by atoms with Crippen LogP contribution in [-0.4, -0.2) is 46.4 Å². The van der Waals surface area contributed by atoms with E-state index in [1.54, 1.807) is 34.9 Å². The molecule has 6 heteroatoms. The smallest absolute Gasteiger partial charge is 0.435 e.